The Kier molecular flexibility index (Phi) is 5.04. The van der Waals surface area contributed by atoms with Crippen LogP contribution in [0.4, 0.5) is 4.79 Å². The standard InChI is InChI=1S/C22H31ClN4O2/c1-14-5-6-17(18(23)24-14)19(28)26-8-7-15(11-26)25-20(29)27-13-22(4)10-16(27)9-21(2,3)12-22/h5-6,15-16H,7-13H2,1-4H3,(H,25,29). The lowest BCUT2D eigenvalue weighted by Crippen LogP contribution is -2.48. The summed E-state index contributed by atoms with van der Waals surface area (Å²) in [4.78, 5) is 33.8. The van der Waals surface area contributed by atoms with Gasteiger partial charge in [0.25, 0.3) is 5.91 Å². The fourth-order valence-corrected chi connectivity index (χ4v) is 6.15. The van der Waals surface area contributed by atoms with Gasteiger partial charge in [-0.2, -0.15) is 0 Å². The first-order valence-corrected chi connectivity index (χ1v) is 10.9. The molecule has 3 amide bonds. The van der Waals surface area contributed by atoms with Crippen LogP contribution in [0.1, 0.15) is 62.5 Å². The van der Waals surface area contributed by atoms with Gasteiger partial charge in [-0.3, -0.25) is 4.79 Å². The van der Waals surface area contributed by atoms with Crippen molar-refractivity contribution in [3.8, 4) is 0 Å². The number of rotatable bonds is 2. The summed E-state index contributed by atoms with van der Waals surface area (Å²) in [7, 11) is 0. The third-order valence-corrected chi connectivity index (χ3v) is 6.99. The fraction of sp³-hybridized carbons (Fsp3) is 0.682. The summed E-state index contributed by atoms with van der Waals surface area (Å²) in [6, 6.07) is 3.84. The number of hydrogen-bond donors (Lipinski definition) is 1. The molecule has 3 aliphatic rings. The highest BCUT2D eigenvalue weighted by Gasteiger charge is 2.51. The van der Waals surface area contributed by atoms with Crippen molar-refractivity contribution in [3.05, 3.63) is 28.5 Å². The predicted molar refractivity (Wildman–Crippen MR) is 113 cm³/mol. The highest BCUT2D eigenvalue weighted by Crippen LogP contribution is 2.52. The van der Waals surface area contributed by atoms with Crippen molar-refractivity contribution >= 4 is 23.5 Å². The number of hydrogen-bond acceptors (Lipinski definition) is 3. The molecule has 0 aromatic carbocycles. The van der Waals surface area contributed by atoms with E-state index in [4.69, 9.17) is 11.6 Å². The molecule has 7 heteroatoms. The number of carbonyl (C=O) groups is 2. The molecule has 1 aliphatic carbocycles. The second kappa shape index (κ2) is 7.15. The Morgan fingerprint density at radius 1 is 1.24 bits per heavy atom. The van der Waals surface area contributed by atoms with E-state index in [0.29, 0.717) is 24.7 Å². The van der Waals surface area contributed by atoms with E-state index in [2.05, 4.69) is 31.1 Å². The molecular formula is C22H31ClN4O2. The zero-order valence-corrected chi connectivity index (χ0v) is 18.6. The lowest BCUT2D eigenvalue weighted by molar-refractivity contribution is 0.0788. The Bertz CT molecular complexity index is 842. The predicted octanol–water partition coefficient (Wildman–Crippen LogP) is 3.87. The van der Waals surface area contributed by atoms with Crippen molar-refractivity contribution in [3.63, 3.8) is 0 Å². The van der Waals surface area contributed by atoms with Gasteiger partial charge < -0.3 is 15.1 Å². The molecule has 1 saturated carbocycles. The summed E-state index contributed by atoms with van der Waals surface area (Å²) in [5.74, 6) is -0.120. The number of halogens is 1. The van der Waals surface area contributed by atoms with Gasteiger partial charge in [-0.1, -0.05) is 32.4 Å². The zero-order chi connectivity index (χ0) is 21.0. The third kappa shape index (κ3) is 4.09. The van der Waals surface area contributed by atoms with E-state index in [0.717, 1.165) is 37.9 Å². The van der Waals surface area contributed by atoms with Crippen LogP contribution in [0, 0.1) is 17.8 Å². The molecule has 3 heterocycles. The highest BCUT2D eigenvalue weighted by molar-refractivity contribution is 6.32. The molecule has 1 N–H and O–H groups in total. The lowest BCUT2D eigenvalue weighted by atomic mass is 9.65. The molecule has 3 fully saturated rings. The minimum Gasteiger partial charge on any atom is -0.336 e. The lowest BCUT2D eigenvalue weighted by Gasteiger charge is -2.39. The maximum Gasteiger partial charge on any atom is 0.317 e. The zero-order valence-electron chi connectivity index (χ0n) is 17.8. The quantitative estimate of drug-likeness (QED) is 0.741. The van der Waals surface area contributed by atoms with Gasteiger partial charge in [-0.05, 0) is 55.6 Å². The third-order valence-electron chi connectivity index (χ3n) is 6.70. The van der Waals surface area contributed by atoms with Gasteiger partial charge in [0.1, 0.15) is 5.15 Å². The van der Waals surface area contributed by atoms with Crippen molar-refractivity contribution in [1.29, 1.82) is 0 Å². The highest BCUT2D eigenvalue weighted by atomic mass is 35.5. The first kappa shape index (κ1) is 20.5. The number of nitrogens with zero attached hydrogens (tertiary/aromatic N) is 3. The van der Waals surface area contributed by atoms with Crippen molar-refractivity contribution in [2.45, 2.75) is 65.5 Å². The summed E-state index contributed by atoms with van der Waals surface area (Å²) < 4.78 is 0. The molecule has 3 atom stereocenters. The Hall–Kier alpha value is -1.82. The van der Waals surface area contributed by atoms with E-state index in [1.54, 1.807) is 17.0 Å². The minimum absolute atomic E-state index is 0.0192. The van der Waals surface area contributed by atoms with Crippen molar-refractivity contribution in [2.24, 2.45) is 10.8 Å². The SMILES string of the molecule is Cc1ccc(C(=O)N2CCC(NC(=O)N3CC4(C)CC3CC(C)(C)C4)C2)c(Cl)n1. The van der Waals surface area contributed by atoms with Gasteiger partial charge >= 0.3 is 6.03 Å². The van der Waals surface area contributed by atoms with Crippen LogP contribution in [-0.2, 0) is 0 Å². The molecule has 3 unspecified atom stereocenters. The summed E-state index contributed by atoms with van der Waals surface area (Å²) in [5, 5.41) is 3.42. The van der Waals surface area contributed by atoms with Crippen LogP contribution < -0.4 is 5.32 Å². The topological polar surface area (TPSA) is 65.5 Å². The molecular weight excluding hydrogens is 388 g/mol. The smallest absolute Gasteiger partial charge is 0.317 e. The molecule has 0 spiro atoms. The summed E-state index contributed by atoms with van der Waals surface area (Å²) in [6.07, 6.45) is 4.08. The molecule has 6 nitrogen and oxygen atoms in total. The summed E-state index contributed by atoms with van der Waals surface area (Å²) in [6.45, 7) is 10.7. The molecule has 2 saturated heterocycles. The Balaban J connectivity index is 1.37. The van der Waals surface area contributed by atoms with Crippen molar-refractivity contribution in [2.75, 3.05) is 19.6 Å². The van der Waals surface area contributed by atoms with Crippen LogP contribution in [-0.4, -0.2) is 58.4 Å². The number of aromatic nitrogens is 1. The number of pyridine rings is 1. The number of likely N-dealkylation sites (tertiary alicyclic amines) is 2. The number of nitrogens with one attached hydrogen (secondary N) is 1. The van der Waals surface area contributed by atoms with E-state index in [1.807, 2.05) is 11.8 Å². The number of urea groups is 1. The molecule has 158 valence electrons. The first-order chi connectivity index (χ1) is 13.6. The largest absolute Gasteiger partial charge is 0.336 e. The molecule has 2 bridgehead atoms. The van der Waals surface area contributed by atoms with E-state index >= 15 is 0 Å². The van der Waals surface area contributed by atoms with Crippen LogP contribution in [0.2, 0.25) is 5.15 Å². The summed E-state index contributed by atoms with van der Waals surface area (Å²) >= 11 is 6.16. The van der Waals surface area contributed by atoms with Crippen LogP contribution in [0.15, 0.2) is 12.1 Å². The van der Waals surface area contributed by atoms with Gasteiger partial charge in [-0.15, -0.1) is 0 Å². The summed E-state index contributed by atoms with van der Waals surface area (Å²) in [5.41, 5.74) is 1.71. The van der Waals surface area contributed by atoms with E-state index < -0.39 is 0 Å². The average Bonchev–Trinajstić information content (AvgIpc) is 3.15. The number of fused-ring (bicyclic) bond motifs is 2. The van der Waals surface area contributed by atoms with Crippen LogP contribution in [0.3, 0.4) is 0 Å². The molecule has 1 aromatic rings. The van der Waals surface area contributed by atoms with Gasteiger partial charge in [0, 0.05) is 37.4 Å². The van der Waals surface area contributed by atoms with Gasteiger partial charge in [0.05, 0.1) is 5.56 Å². The van der Waals surface area contributed by atoms with Gasteiger partial charge in [-0.25, -0.2) is 9.78 Å². The molecule has 0 radical (unpaired) electrons. The molecule has 4 rings (SSSR count). The van der Waals surface area contributed by atoms with E-state index in [1.165, 1.54) is 0 Å². The molecule has 29 heavy (non-hydrogen) atoms. The van der Waals surface area contributed by atoms with Crippen molar-refractivity contribution in [1.82, 2.24) is 20.1 Å². The Morgan fingerprint density at radius 2 is 2.00 bits per heavy atom. The number of aryl methyl sites for hydroxylation is 1. The van der Waals surface area contributed by atoms with E-state index in [-0.39, 0.29) is 34.0 Å². The number of carbonyl (C=O) groups excluding carboxylic acids is 2. The van der Waals surface area contributed by atoms with Crippen LogP contribution in [0.25, 0.3) is 0 Å². The van der Waals surface area contributed by atoms with Crippen LogP contribution in [0.5, 0.6) is 0 Å². The van der Waals surface area contributed by atoms with Crippen LogP contribution >= 0.6 is 11.6 Å². The Labute approximate surface area is 178 Å². The maximum absolute atomic E-state index is 13.0. The van der Waals surface area contributed by atoms with Crippen molar-refractivity contribution < 1.29 is 9.59 Å². The minimum atomic E-state index is -0.120. The fourth-order valence-electron chi connectivity index (χ4n) is 5.87. The van der Waals surface area contributed by atoms with Gasteiger partial charge in [0.2, 0.25) is 0 Å². The Morgan fingerprint density at radius 3 is 2.72 bits per heavy atom. The second-order valence-corrected chi connectivity index (χ2v) is 10.7. The molecule has 1 aromatic heterocycles. The normalized spacial score (nSPS) is 30.5. The second-order valence-electron chi connectivity index (χ2n) is 10.3. The number of amides is 3. The van der Waals surface area contributed by atoms with E-state index in [9.17, 15) is 9.59 Å². The molecule has 2 aliphatic heterocycles. The van der Waals surface area contributed by atoms with Gasteiger partial charge in [0.15, 0.2) is 0 Å². The maximum atomic E-state index is 13.0. The first-order valence-electron chi connectivity index (χ1n) is 10.5. The monoisotopic (exact) mass is 418 g/mol. The average molecular weight is 419 g/mol.